The summed E-state index contributed by atoms with van der Waals surface area (Å²) < 4.78 is 27.6. The smallest absolute Gasteiger partial charge is 0.330 e. The normalized spacial score (nSPS) is 18.8. The van der Waals surface area contributed by atoms with E-state index in [4.69, 9.17) is 14.6 Å². The first kappa shape index (κ1) is 13.7. The predicted octanol–water partition coefficient (Wildman–Crippen LogP) is -0.588. The van der Waals surface area contributed by atoms with Gasteiger partial charge in [-0.05, 0) is 20.8 Å². The first-order chi connectivity index (χ1) is 10.1. The van der Waals surface area contributed by atoms with E-state index >= 15 is 0 Å². The van der Waals surface area contributed by atoms with E-state index in [1.807, 2.05) is 0 Å². The number of amides is 2. The Morgan fingerprint density at radius 2 is 2.05 bits per heavy atom. The molecule has 0 heterocycles. The Kier molecular flexibility index (Phi) is 5.55. The first-order valence-corrected chi connectivity index (χ1v) is 6.75. The molecule has 0 aromatic carbocycles. The molecule has 4 N–H and O–H groups in total. The van der Waals surface area contributed by atoms with Crippen molar-refractivity contribution in [2.45, 2.75) is 45.4 Å². The standard InChI is InChI=1S/C12H22N2O5S/c1-7(15)14-8(11(18)19-12(2,3)4)5-20-6-9(16)10(13)17/h8-9,16H,5-6H2,1-4H3,(H2,13,17)(H,14,15)/t8-,9?/m0/s1/i6D2,9D. The third kappa shape index (κ3) is 8.76. The minimum atomic E-state index is -3.19. The zero-order valence-electron chi connectivity index (χ0n) is 14.9. The van der Waals surface area contributed by atoms with E-state index < -0.39 is 41.2 Å². The number of carbonyl (C=O) groups is 3. The average Bonchev–Trinajstić information content (AvgIpc) is 2.31. The van der Waals surface area contributed by atoms with Gasteiger partial charge in [0, 0.05) is 21.1 Å². The lowest BCUT2D eigenvalue weighted by Gasteiger charge is -2.24. The lowest BCUT2D eigenvalue weighted by molar-refractivity contribution is -0.157. The number of rotatable bonds is 7. The van der Waals surface area contributed by atoms with Crippen LogP contribution in [0.4, 0.5) is 0 Å². The molecule has 0 rings (SSSR count). The number of nitrogens with two attached hydrogens (primary N) is 1. The van der Waals surface area contributed by atoms with Crippen LogP contribution in [0.25, 0.3) is 0 Å². The van der Waals surface area contributed by atoms with E-state index in [2.05, 4.69) is 5.32 Å². The van der Waals surface area contributed by atoms with Crippen LogP contribution in [0, 0.1) is 0 Å². The molecule has 0 bridgehead atoms. The van der Waals surface area contributed by atoms with Crippen LogP contribution in [-0.2, 0) is 19.1 Å². The zero-order valence-corrected chi connectivity index (χ0v) is 12.7. The molecule has 2 atom stereocenters. The third-order valence-electron chi connectivity index (χ3n) is 1.72. The van der Waals surface area contributed by atoms with Crippen molar-refractivity contribution < 1.29 is 28.3 Å². The second kappa shape index (κ2) is 8.11. The fourth-order valence-corrected chi connectivity index (χ4v) is 1.74. The van der Waals surface area contributed by atoms with Crippen molar-refractivity contribution in [3.8, 4) is 0 Å². The lowest BCUT2D eigenvalue weighted by atomic mass is 10.2. The zero-order chi connectivity index (χ0) is 18.6. The Bertz CT molecular complexity index is 480. The van der Waals surface area contributed by atoms with Gasteiger partial charge in [-0.3, -0.25) is 9.59 Å². The topological polar surface area (TPSA) is 119 Å². The number of hydrogen-bond acceptors (Lipinski definition) is 6. The highest BCUT2D eigenvalue weighted by molar-refractivity contribution is 7.99. The number of esters is 1. The van der Waals surface area contributed by atoms with Crippen molar-refractivity contribution in [2.24, 2.45) is 5.73 Å². The summed E-state index contributed by atoms with van der Waals surface area (Å²) in [5.74, 6) is -3.28. The van der Waals surface area contributed by atoms with Crippen molar-refractivity contribution in [3.63, 3.8) is 0 Å². The highest BCUT2D eigenvalue weighted by atomic mass is 32.2. The van der Waals surface area contributed by atoms with Gasteiger partial charge in [-0.2, -0.15) is 11.8 Å². The van der Waals surface area contributed by atoms with Crippen molar-refractivity contribution in [1.29, 1.82) is 0 Å². The van der Waals surface area contributed by atoms with Gasteiger partial charge >= 0.3 is 5.97 Å². The van der Waals surface area contributed by atoms with Gasteiger partial charge in [0.05, 0.1) is 1.37 Å². The third-order valence-corrected chi connectivity index (χ3v) is 2.56. The Morgan fingerprint density at radius 1 is 1.50 bits per heavy atom. The fourth-order valence-electron chi connectivity index (χ4n) is 1.03. The van der Waals surface area contributed by atoms with Gasteiger partial charge in [0.2, 0.25) is 11.8 Å². The van der Waals surface area contributed by atoms with Gasteiger partial charge in [0.25, 0.3) is 0 Å². The van der Waals surface area contributed by atoms with Gasteiger partial charge in [0.1, 0.15) is 17.7 Å². The van der Waals surface area contributed by atoms with Crippen LogP contribution in [0.5, 0.6) is 0 Å². The Labute approximate surface area is 126 Å². The van der Waals surface area contributed by atoms with Crippen LogP contribution < -0.4 is 11.1 Å². The Hall–Kier alpha value is -1.28. The molecule has 0 spiro atoms. The summed E-state index contributed by atoms with van der Waals surface area (Å²) in [6, 6.07) is -1.21. The number of aliphatic hydroxyl groups is 1. The molecule has 7 nitrogen and oxygen atoms in total. The molecule has 0 radical (unpaired) electrons. The highest BCUT2D eigenvalue weighted by Crippen LogP contribution is 2.12. The quantitative estimate of drug-likeness (QED) is 0.541. The van der Waals surface area contributed by atoms with Crippen LogP contribution in [0.1, 0.15) is 31.8 Å². The minimum Gasteiger partial charge on any atom is -0.458 e. The van der Waals surface area contributed by atoms with Crippen molar-refractivity contribution in [1.82, 2.24) is 5.32 Å². The monoisotopic (exact) mass is 309 g/mol. The van der Waals surface area contributed by atoms with Crippen LogP contribution >= 0.6 is 11.8 Å². The van der Waals surface area contributed by atoms with E-state index in [1.165, 1.54) is 6.92 Å². The Morgan fingerprint density at radius 3 is 2.45 bits per heavy atom. The second-order valence-electron chi connectivity index (χ2n) is 4.91. The molecule has 0 aliphatic heterocycles. The van der Waals surface area contributed by atoms with Gasteiger partial charge < -0.3 is 20.9 Å². The lowest BCUT2D eigenvalue weighted by Crippen LogP contribution is -2.45. The molecule has 0 saturated carbocycles. The van der Waals surface area contributed by atoms with E-state index in [9.17, 15) is 19.5 Å². The van der Waals surface area contributed by atoms with E-state index in [0.717, 1.165) is 0 Å². The summed E-state index contributed by atoms with van der Waals surface area (Å²) in [6.07, 6.45) is -3.19. The Balaban J connectivity index is 5.09. The summed E-state index contributed by atoms with van der Waals surface area (Å²) in [7, 11) is 0. The molecule has 0 saturated heterocycles. The number of nitrogens with one attached hydrogen (secondary N) is 1. The molecule has 116 valence electrons. The second-order valence-corrected chi connectivity index (χ2v) is 5.74. The summed E-state index contributed by atoms with van der Waals surface area (Å²) in [4.78, 5) is 34.2. The molecule has 0 aromatic rings. The summed E-state index contributed by atoms with van der Waals surface area (Å²) in [5.41, 5.74) is 1.18. The molecule has 8 heteroatoms. The van der Waals surface area contributed by atoms with Crippen molar-refractivity contribution in [3.05, 3.63) is 0 Å². The van der Waals surface area contributed by atoms with Crippen LogP contribution in [0.15, 0.2) is 0 Å². The number of carbonyl (C=O) groups excluding carboxylic acids is 3. The maximum Gasteiger partial charge on any atom is 0.330 e. The maximum atomic E-state index is 12.0. The highest BCUT2D eigenvalue weighted by Gasteiger charge is 2.26. The average molecular weight is 309 g/mol. The molecule has 2 amide bonds. The molecule has 0 fully saturated rings. The van der Waals surface area contributed by atoms with E-state index in [1.54, 1.807) is 20.8 Å². The first-order valence-electron chi connectivity index (χ1n) is 7.26. The molecule has 1 unspecified atom stereocenters. The SMILES string of the molecule is [2H]C([2H])(SC[C@H](NC(C)=O)C(=O)OC(C)(C)C)C([2H])(O)C(N)=O. The number of primary amides is 1. The minimum absolute atomic E-state index is 0.298. The summed E-state index contributed by atoms with van der Waals surface area (Å²) in [5, 5.41) is 11.8. The fraction of sp³-hybridized carbons (Fsp3) is 0.750. The van der Waals surface area contributed by atoms with E-state index in [-0.39, 0.29) is 5.75 Å². The number of thioether (sulfide) groups is 1. The van der Waals surface area contributed by atoms with Crippen LogP contribution in [-0.4, -0.2) is 52.1 Å². The van der Waals surface area contributed by atoms with Gasteiger partial charge in [-0.15, -0.1) is 0 Å². The van der Waals surface area contributed by atoms with Crippen LogP contribution in [0.2, 0.25) is 0 Å². The molecular weight excluding hydrogens is 284 g/mol. The number of ether oxygens (including phenoxy) is 1. The molecule has 0 aromatic heterocycles. The van der Waals surface area contributed by atoms with Crippen LogP contribution in [0.3, 0.4) is 0 Å². The molecule has 20 heavy (non-hydrogen) atoms. The number of hydrogen-bond donors (Lipinski definition) is 3. The van der Waals surface area contributed by atoms with E-state index in [0.29, 0.717) is 11.8 Å². The van der Waals surface area contributed by atoms with Crippen molar-refractivity contribution >= 4 is 29.5 Å². The molecule has 0 aliphatic rings. The summed E-state index contributed by atoms with van der Waals surface area (Å²) in [6.45, 7) is 6.04. The molecule has 0 aliphatic carbocycles. The van der Waals surface area contributed by atoms with Gasteiger partial charge in [-0.25, -0.2) is 4.79 Å². The predicted molar refractivity (Wildman–Crippen MR) is 76.0 cm³/mol. The van der Waals surface area contributed by atoms with Gasteiger partial charge in [0.15, 0.2) is 0 Å². The summed E-state index contributed by atoms with van der Waals surface area (Å²) >= 11 is 0.298. The van der Waals surface area contributed by atoms with Crippen molar-refractivity contribution in [2.75, 3.05) is 11.5 Å². The molecular formula is C12H22N2O5S. The van der Waals surface area contributed by atoms with Gasteiger partial charge in [-0.1, -0.05) is 0 Å². The largest absolute Gasteiger partial charge is 0.458 e. The maximum absolute atomic E-state index is 12.0.